The maximum atomic E-state index is 12.1. The molecule has 1 aliphatic rings. The second-order valence-corrected chi connectivity index (χ2v) is 8.02. The van der Waals surface area contributed by atoms with E-state index in [4.69, 9.17) is 0 Å². The number of carbonyl (C=O) groups is 1. The summed E-state index contributed by atoms with van der Waals surface area (Å²) in [5.74, 6) is 0.390. The highest BCUT2D eigenvalue weighted by Gasteiger charge is 2.29. The van der Waals surface area contributed by atoms with Crippen LogP contribution in [0.2, 0.25) is 0 Å². The number of para-hydroxylation sites is 1. The van der Waals surface area contributed by atoms with Crippen LogP contribution in [0.25, 0.3) is 0 Å². The lowest BCUT2D eigenvalue weighted by molar-refractivity contribution is -0.122. The Morgan fingerprint density at radius 3 is 2.50 bits per heavy atom. The molecule has 1 aromatic carbocycles. The summed E-state index contributed by atoms with van der Waals surface area (Å²) >= 11 is 0. The van der Waals surface area contributed by atoms with Crippen LogP contribution in [0.1, 0.15) is 38.2 Å². The van der Waals surface area contributed by atoms with E-state index in [1.807, 2.05) is 38.1 Å². The lowest BCUT2D eigenvalue weighted by Crippen LogP contribution is -2.39. The summed E-state index contributed by atoms with van der Waals surface area (Å²) in [6, 6.07) is 7.51. The van der Waals surface area contributed by atoms with Crippen molar-refractivity contribution in [2.75, 3.05) is 23.7 Å². The van der Waals surface area contributed by atoms with Crippen molar-refractivity contribution in [1.29, 1.82) is 0 Å². The summed E-state index contributed by atoms with van der Waals surface area (Å²) in [5.41, 5.74) is 1.68. The third-order valence-electron chi connectivity index (χ3n) is 3.79. The highest BCUT2D eigenvalue weighted by Crippen LogP contribution is 2.29. The van der Waals surface area contributed by atoms with Gasteiger partial charge in [0.2, 0.25) is 15.9 Å². The van der Waals surface area contributed by atoms with Crippen LogP contribution in [0, 0.1) is 5.92 Å². The number of benzene rings is 1. The fraction of sp³-hybridized carbons (Fsp3) is 0.562. The van der Waals surface area contributed by atoms with Gasteiger partial charge in [-0.25, -0.2) is 8.42 Å². The quantitative estimate of drug-likeness (QED) is 0.835. The Bertz CT molecular complexity index is 637. The SMILES string of the molecule is CC(C)c1ccccc1N(CCNC(=O)C1CC1)S(C)(=O)=O. The molecule has 0 bridgehead atoms. The van der Waals surface area contributed by atoms with Gasteiger partial charge in [-0.2, -0.15) is 0 Å². The molecule has 0 saturated heterocycles. The molecule has 122 valence electrons. The van der Waals surface area contributed by atoms with Gasteiger partial charge in [0.05, 0.1) is 18.5 Å². The van der Waals surface area contributed by atoms with Crippen molar-refractivity contribution < 1.29 is 13.2 Å². The van der Waals surface area contributed by atoms with Gasteiger partial charge in [0.15, 0.2) is 0 Å². The minimum atomic E-state index is -3.39. The van der Waals surface area contributed by atoms with Crippen molar-refractivity contribution >= 4 is 21.6 Å². The summed E-state index contributed by atoms with van der Waals surface area (Å²) in [5, 5.41) is 2.82. The van der Waals surface area contributed by atoms with Crippen molar-refractivity contribution in [3.05, 3.63) is 29.8 Å². The van der Waals surface area contributed by atoms with Crippen LogP contribution in [0.15, 0.2) is 24.3 Å². The normalized spacial score (nSPS) is 14.9. The lowest BCUT2D eigenvalue weighted by atomic mass is 10.0. The molecule has 2 rings (SSSR count). The van der Waals surface area contributed by atoms with Crippen molar-refractivity contribution in [3.63, 3.8) is 0 Å². The summed E-state index contributed by atoms with van der Waals surface area (Å²) in [6.45, 7) is 4.65. The molecule has 1 aliphatic carbocycles. The van der Waals surface area contributed by atoms with Crippen LogP contribution < -0.4 is 9.62 Å². The molecule has 0 heterocycles. The summed E-state index contributed by atoms with van der Waals surface area (Å²) in [7, 11) is -3.39. The maximum absolute atomic E-state index is 12.1. The number of nitrogens with one attached hydrogen (secondary N) is 1. The Morgan fingerprint density at radius 2 is 1.95 bits per heavy atom. The van der Waals surface area contributed by atoms with E-state index in [2.05, 4.69) is 5.32 Å². The first-order chi connectivity index (χ1) is 10.3. The minimum absolute atomic E-state index is 0.0330. The molecule has 1 fully saturated rings. The summed E-state index contributed by atoms with van der Waals surface area (Å²) in [4.78, 5) is 11.7. The molecule has 0 unspecified atom stereocenters. The molecule has 0 aliphatic heterocycles. The number of anilines is 1. The molecule has 1 N–H and O–H groups in total. The highest BCUT2D eigenvalue weighted by molar-refractivity contribution is 7.92. The Morgan fingerprint density at radius 1 is 1.32 bits per heavy atom. The maximum Gasteiger partial charge on any atom is 0.232 e. The van der Waals surface area contributed by atoms with E-state index in [1.165, 1.54) is 10.6 Å². The average Bonchev–Trinajstić information content (AvgIpc) is 3.26. The van der Waals surface area contributed by atoms with Gasteiger partial charge in [-0.1, -0.05) is 32.0 Å². The van der Waals surface area contributed by atoms with Gasteiger partial charge in [-0.3, -0.25) is 9.10 Å². The lowest BCUT2D eigenvalue weighted by Gasteiger charge is -2.26. The van der Waals surface area contributed by atoms with Crippen LogP contribution in [0.4, 0.5) is 5.69 Å². The predicted molar refractivity (Wildman–Crippen MR) is 88.5 cm³/mol. The van der Waals surface area contributed by atoms with Gasteiger partial charge in [0, 0.05) is 12.5 Å². The molecule has 0 spiro atoms. The van der Waals surface area contributed by atoms with Crippen LogP contribution in [-0.2, 0) is 14.8 Å². The zero-order chi connectivity index (χ0) is 16.3. The highest BCUT2D eigenvalue weighted by atomic mass is 32.2. The van der Waals surface area contributed by atoms with E-state index in [0.717, 1.165) is 18.4 Å². The summed E-state index contributed by atoms with van der Waals surface area (Å²) < 4.78 is 25.7. The molecule has 0 atom stereocenters. The van der Waals surface area contributed by atoms with Crippen molar-refractivity contribution in [3.8, 4) is 0 Å². The van der Waals surface area contributed by atoms with E-state index in [9.17, 15) is 13.2 Å². The van der Waals surface area contributed by atoms with E-state index in [-0.39, 0.29) is 24.3 Å². The average molecular weight is 324 g/mol. The van der Waals surface area contributed by atoms with E-state index >= 15 is 0 Å². The van der Waals surface area contributed by atoms with Crippen LogP contribution in [0.5, 0.6) is 0 Å². The topological polar surface area (TPSA) is 66.5 Å². The second-order valence-electron chi connectivity index (χ2n) is 6.11. The number of rotatable bonds is 7. The molecule has 0 aromatic heterocycles. The first kappa shape index (κ1) is 16.8. The third kappa shape index (κ3) is 4.22. The Balaban J connectivity index is 2.14. The van der Waals surface area contributed by atoms with Crippen LogP contribution >= 0.6 is 0 Å². The smallest absolute Gasteiger partial charge is 0.232 e. The van der Waals surface area contributed by atoms with E-state index < -0.39 is 10.0 Å². The molecule has 1 aromatic rings. The molecule has 22 heavy (non-hydrogen) atoms. The monoisotopic (exact) mass is 324 g/mol. The number of amides is 1. The number of carbonyl (C=O) groups excluding carboxylic acids is 1. The van der Waals surface area contributed by atoms with Crippen LogP contribution in [0.3, 0.4) is 0 Å². The fourth-order valence-electron chi connectivity index (χ4n) is 2.44. The van der Waals surface area contributed by atoms with Gasteiger partial charge < -0.3 is 5.32 Å². The molecule has 0 radical (unpaired) electrons. The third-order valence-corrected chi connectivity index (χ3v) is 4.97. The van der Waals surface area contributed by atoms with Gasteiger partial charge >= 0.3 is 0 Å². The first-order valence-corrected chi connectivity index (χ1v) is 9.50. The minimum Gasteiger partial charge on any atom is -0.354 e. The van der Waals surface area contributed by atoms with E-state index in [0.29, 0.717) is 12.2 Å². The van der Waals surface area contributed by atoms with Gasteiger partial charge in [0.1, 0.15) is 0 Å². The molecular weight excluding hydrogens is 300 g/mol. The molecule has 1 saturated carbocycles. The second kappa shape index (κ2) is 6.69. The number of nitrogens with zero attached hydrogens (tertiary/aromatic N) is 1. The van der Waals surface area contributed by atoms with Crippen molar-refractivity contribution in [1.82, 2.24) is 5.32 Å². The fourth-order valence-corrected chi connectivity index (χ4v) is 3.38. The van der Waals surface area contributed by atoms with Crippen molar-refractivity contribution in [2.24, 2.45) is 5.92 Å². The molecule has 1 amide bonds. The van der Waals surface area contributed by atoms with E-state index in [1.54, 1.807) is 0 Å². The summed E-state index contributed by atoms with van der Waals surface area (Å²) in [6.07, 6.45) is 3.09. The Hall–Kier alpha value is -1.56. The molecule has 5 nitrogen and oxygen atoms in total. The number of sulfonamides is 1. The number of hydrogen-bond acceptors (Lipinski definition) is 3. The zero-order valence-corrected chi connectivity index (χ0v) is 14.2. The molecule has 6 heteroatoms. The van der Waals surface area contributed by atoms with Crippen molar-refractivity contribution in [2.45, 2.75) is 32.6 Å². The zero-order valence-electron chi connectivity index (χ0n) is 13.4. The Labute approximate surface area is 132 Å². The van der Waals surface area contributed by atoms with Gasteiger partial charge in [0.25, 0.3) is 0 Å². The molecular formula is C16H24N2O3S. The number of hydrogen-bond donors (Lipinski definition) is 1. The largest absolute Gasteiger partial charge is 0.354 e. The van der Waals surface area contributed by atoms with Gasteiger partial charge in [-0.15, -0.1) is 0 Å². The van der Waals surface area contributed by atoms with Crippen LogP contribution in [-0.4, -0.2) is 33.7 Å². The first-order valence-electron chi connectivity index (χ1n) is 7.65. The Kier molecular flexibility index (Phi) is 5.11. The predicted octanol–water partition coefficient (Wildman–Crippen LogP) is 2.10. The van der Waals surface area contributed by atoms with Gasteiger partial charge in [-0.05, 0) is 30.4 Å². The standard InChI is InChI=1S/C16H24N2O3S/c1-12(2)14-6-4-5-7-15(14)18(22(3,20)21)11-10-17-16(19)13-8-9-13/h4-7,12-13H,8-11H2,1-3H3,(H,17,19).